The number of hydrogen-bond acceptors (Lipinski definition) is 3. The summed E-state index contributed by atoms with van der Waals surface area (Å²) in [4.78, 5) is 30.0. The summed E-state index contributed by atoms with van der Waals surface area (Å²) in [5.74, 6) is 0.00493. The third-order valence-electron chi connectivity index (χ3n) is 8.25. The molecule has 1 aromatic heterocycles. The highest BCUT2D eigenvalue weighted by Gasteiger charge is 2.26. The Kier molecular flexibility index (Phi) is 20.6. The third-order valence-corrected chi connectivity index (χ3v) is 8.25. The molecule has 1 heterocycles. The van der Waals surface area contributed by atoms with Gasteiger partial charge in [-0.1, -0.05) is 111 Å². The Hall–Kier alpha value is -1.85. The SMILES string of the molecule is CCCCCCCCCCCCCCCCC(C)NC(=O)C(C)CC(CC(CC)C(=O)NC(C)C)n1ccnc1. The van der Waals surface area contributed by atoms with Crippen LogP contribution in [0.5, 0.6) is 0 Å². The van der Waals surface area contributed by atoms with Crippen LogP contribution in [0.4, 0.5) is 0 Å². The zero-order valence-electron chi connectivity index (χ0n) is 27.1. The number of rotatable bonds is 25. The first kappa shape index (κ1) is 36.2. The van der Waals surface area contributed by atoms with E-state index in [4.69, 9.17) is 0 Å². The van der Waals surface area contributed by atoms with Gasteiger partial charge in [0.15, 0.2) is 0 Å². The molecule has 40 heavy (non-hydrogen) atoms. The maximum absolute atomic E-state index is 13.0. The van der Waals surface area contributed by atoms with E-state index in [-0.39, 0.29) is 41.8 Å². The fourth-order valence-electron chi connectivity index (χ4n) is 5.63. The Morgan fingerprint density at radius 1 is 0.725 bits per heavy atom. The van der Waals surface area contributed by atoms with Gasteiger partial charge in [0.25, 0.3) is 0 Å². The van der Waals surface area contributed by atoms with E-state index in [2.05, 4.69) is 41.0 Å². The van der Waals surface area contributed by atoms with Crippen molar-refractivity contribution in [2.75, 3.05) is 0 Å². The summed E-state index contributed by atoms with van der Waals surface area (Å²) in [6.07, 6.45) is 27.8. The fraction of sp³-hybridized carbons (Fsp3) is 0.853. The van der Waals surface area contributed by atoms with E-state index in [0.717, 1.165) is 12.8 Å². The van der Waals surface area contributed by atoms with Gasteiger partial charge >= 0.3 is 0 Å². The van der Waals surface area contributed by atoms with E-state index in [1.807, 2.05) is 27.0 Å². The number of unbranched alkanes of at least 4 members (excludes halogenated alkanes) is 13. The molecule has 4 atom stereocenters. The number of hydrogen-bond donors (Lipinski definition) is 2. The maximum Gasteiger partial charge on any atom is 0.223 e. The van der Waals surface area contributed by atoms with Crippen LogP contribution in [-0.4, -0.2) is 33.4 Å². The van der Waals surface area contributed by atoms with Gasteiger partial charge in [-0.15, -0.1) is 0 Å². The normalized spacial score (nSPS) is 14.6. The Morgan fingerprint density at radius 2 is 1.27 bits per heavy atom. The van der Waals surface area contributed by atoms with Gasteiger partial charge in [-0.2, -0.15) is 0 Å². The molecule has 4 unspecified atom stereocenters. The second-order valence-corrected chi connectivity index (χ2v) is 12.6. The van der Waals surface area contributed by atoms with E-state index in [1.165, 1.54) is 89.9 Å². The second-order valence-electron chi connectivity index (χ2n) is 12.6. The van der Waals surface area contributed by atoms with Crippen molar-refractivity contribution in [2.24, 2.45) is 11.8 Å². The summed E-state index contributed by atoms with van der Waals surface area (Å²) in [7, 11) is 0. The lowest BCUT2D eigenvalue weighted by Gasteiger charge is -2.27. The number of carbonyl (C=O) groups excluding carboxylic acids is 2. The average Bonchev–Trinajstić information content (AvgIpc) is 3.45. The molecular weight excluding hydrogens is 496 g/mol. The molecule has 0 spiro atoms. The average molecular weight is 561 g/mol. The predicted octanol–water partition coefficient (Wildman–Crippen LogP) is 8.77. The van der Waals surface area contributed by atoms with Gasteiger partial charge < -0.3 is 15.2 Å². The lowest BCUT2D eigenvalue weighted by molar-refractivity contribution is -0.126. The molecule has 0 radical (unpaired) electrons. The monoisotopic (exact) mass is 561 g/mol. The lowest BCUT2D eigenvalue weighted by Crippen LogP contribution is -2.38. The molecule has 2 amide bonds. The van der Waals surface area contributed by atoms with Crippen LogP contribution in [0.3, 0.4) is 0 Å². The fourth-order valence-corrected chi connectivity index (χ4v) is 5.63. The van der Waals surface area contributed by atoms with Crippen LogP contribution in [0.1, 0.15) is 163 Å². The molecule has 232 valence electrons. The van der Waals surface area contributed by atoms with Crippen molar-refractivity contribution < 1.29 is 9.59 Å². The number of carbonyl (C=O) groups is 2. The van der Waals surface area contributed by atoms with Crippen LogP contribution in [-0.2, 0) is 9.59 Å². The Morgan fingerprint density at radius 3 is 1.75 bits per heavy atom. The van der Waals surface area contributed by atoms with Gasteiger partial charge in [0.2, 0.25) is 11.8 Å². The van der Waals surface area contributed by atoms with Crippen molar-refractivity contribution in [2.45, 2.75) is 175 Å². The van der Waals surface area contributed by atoms with E-state index in [9.17, 15) is 9.59 Å². The second kappa shape index (κ2) is 22.8. The lowest BCUT2D eigenvalue weighted by atomic mass is 9.90. The smallest absolute Gasteiger partial charge is 0.223 e. The van der Waals surface area contributed by atoms with Crippen molar-refractivity contribution >= 4 is 11.8 Å². The summed E-state index contributed by atoms with van der Waals surface area (Å²) in [5.41, 5.74) is 0. The summed E-state index contributed by atoms with van der Waals surface area (Å²) in [6.45, 7) is 12.5. The van der Waals surface area contributed by atoms with Crippen LogP contribution in [0.2, 0.25) is 0 Å². The molecule has 6 nitrogen and oxygen atoms in total. The summed E-state index contributed by atoms with van der Waals surface area (Å²) < 4.78 is 2.06. The van der Waals surface area contributed by atoms with Crippen LogP contribution in [0.25, 0.3) is 0 Å². The van der Waals surface area contributed by atoms with Crippen LogP contribution < -0.4 is 10.6 Å². The van der Waals surface area contributed by atoms with Crippen molar-refractivity contribution in [1.29, 1.82) is 0 Å². The number of nitrogens with one attached hydrogen (secondary N) is 2. The predicted molar refractivity (Wildman–Crippen MR) is 169 cm³/mol. The van der Waals surface area contributed by atoms with Gasteiger partial charge in [-0.25, -0.2) is 4.98 Å². The third kappa shape index (κ3) is 17.1. The van der Waals surface area contributed by atoms with Crippen LogP contribution >= 0.6 is 0 Å². The number of imidazole rings is 1. The minimum atomic E-state index is -0.128. The molecule has 1 rings (SSSR count). The van der Waals surface area contributed by atoms with Gasteiger partial charge in [0.05, 0.1) is 6.33 Å². The first-order valence-corrected chi connectivity index (χ1v) is 16.9. The van der Waals surface area contributed by atoms with Gasteiger partial charge in [-0.3, -0.25) is 9.59 Å². The molecule has 0 aliphatic carbocycles. The molecule has 0 aromatic carbocycles. The molecular formula is C34H64N4O2. The topological polar surface area (TPSA) is 76.0 Å². The van der Waals surface area contributed by atoms with E-state index >= 15 is 0 Å². The van der Waals surface area contributed by atoms with E-state index in [0.29, 0.717) is 12.8 Å². The minimum absolute atomic E-state index is 0.0622. The van der Waals surface area contributed by atoms with Gasteiger partial charge in [-0.05, 0) is 46.5 Å². The summed E-state index contributed by atoms with van der Waals surface area (Å²) >= 11 is 0. The first-order valence-electron chi connectivity index (χ1n) is 16.9. The highest BCUT2D eigenvalue weighted by Crippen LogP contribution is 2.27. The van der Waals surface area contributed by atoms with Crippen LogP contribution in [0.15, 0.2) is 18.7 Å². The van der Waals surface area contributed by atoms with Crippen molar-refractivity contribution in [1.82, 2.24) is 20.2 Å². The van der Waals surface area contributed by atoms with Crippen LogP contribution in [0, 0.1) is 11.8 Å². The highest BCUT2D eigenvalue weighted by atomic mass is 16.2. The molecule has 0 aliphatic heterocycles. The van der Waals surface area contributed by atoms with Gasteiger partial charge in [0, 0.05) is 42.4 Å². The summed E-state index contributed by atoms with van der Waals surface area (Å²) in [5, 5.41) is 6.31. The van der Waals surface area contributed by atoms with E-state index in [1.54, 1.807) is 12.5 Å². The van der Waals surface area contributed by atoms with Gasteiger partial charge in [0.1, 0.15) is 0 Å². The van der Waals surface area contributed by atoms with E-state index < -0.39 is 0 Å². The molecule has 2 N–H and O–H groups in total. The number of nitrogens with zero attached hydrogens (tertiary/aromatic N) is 2. The molecule has 6 heteroatoms. The Labute approximate surface area is 247 Å². The minimum Gasteiger partial charge on any atom is -0.354 e. The Balaban J connectivity index is 2.27. The zero-order chi connectivity index (χ0) is 29.6. The van der Waals surface area contributed by atoms with Crippen molar-refractivity contribution in [3.05, 3.63) is 18.7 Å². The zero-order valence-corrected chi connectivity index (χ0v) is 27.1. The summed E-state index contributed by atoms with van der Waals surface area (Å²) in [6, 6.07) is 0.380. The molecule has 0 fully saturated rings. The van der Waals surface area contributed by atoms with Crippen molar-refractivity contribution in [3.63, 3.8) is 0 Å². The first-order chi connectivity index (χ1) is 19.3. The standard InChI is InChI=1S/C34H64N4O2/c1-7-9-10-11-12-13-14-15-16-17-18-19-20-21-22-30(6)37-33(39)29(5)25-32(38-24-23-35-27-38)26-31(8-2)34(40)36-28(3)4/h23-24,27-32H,7-22,25-26H2,1-6H3,(H,36,40)(H,37,39). The van der Waals surface area contributed by atoms with Crippen molar-refractivity contribution in [3.8, 4) is 0 Å². The largest absolute Gasteiger partial charge is 0.354 e. The number of aromatic nitrogens is 2. The molecule has 0 saturated heterocycles. The molecule has 1 aromatic rings. The molecule has 0 bridgehead atoms. The number of amides is 2. The maximum atomic E-state index is 13.0. The molecule has 0 aliphatic rings. The Bertz CT molecular complexity index is 749. The molecule has 0 saturated carbocycles. The highest BCUT2D eigenvalue weighted by molar-refractivity contribution is 5.79. The quantitative estimate of drug-likeness (QED) is 0.117.